The zero-order valence-corrected chi connectivity index (χ0v) is 15.4. The van der Waals surface area contributed by atoms with E-state index in [1.54, 1.807) is 20.8 Å². The Hall–Kier alpha value is -1.82. The number of carbonyl (C=O) groups excluding carboxylic acids is 1. The molecule has 0 aromatic heterocycles. The van der Waals surface area contributed by atoms with Crippen molar-refractivity contribution in [1.29, 1.82) is 0 Å². The Balaban J connectivity index is 3.97. The summed E-state index contributed by atoms with van der Waals surface area (Å²) in [6, 6.07) is 0. The molecule has 0 aromatic rings. The number of amides is 1. The van der Waals surface area contributed by atoms with E-state index < -0.39 is 17.5 Å². The summed E-state index contributed by atoms with van der Waals surface area (Å²) in [6.45, 7) is 17.6. The van der Waals surface area contributed by atoms with Crippen LogP contribution in [0.4, 0.5) is 9.18 Å². The Kier molecular flexibility index (Phi) is 10.0. The zero-order chi connectivity index (χ0) is 18.8. The van der Waals surface area contributed by atoms with Gasteiger partial charge in [-0.3, -0.25) is 0 Å². The lowest BCUT2D eigenvalue weighted by Crippen LogP contribution is -2.34. The van der Waals surface area contributed by atoms with Crippen molar-refractivity contribution in [2.24, 2.45) is 5.92 Å². The molecule has 0 rings (SSSR count). The summed E-state index contributed by atoms with van der Waals surface area (Å²) < 4.78 is 28.9. The number of rotatable bonds is 10. The quantitative estimate of drug-likeness (QED) is 0.368. The smallest absolute Gasteiger partial charge is 0.407 e. The van der Waals surface area contributed by atoms with Crippen LogP contribution in [0.15, 0.2) is 36.4 Å². The first-order chi connectivity index (χ1) is 11.0. The molecule has 5 nitrogen and oxygen atoms in total. The van der Waals surface area contributed by atoms with Gasteiger partial charge in [-0.1, -0.05) is 27.0 Å². The third-order valence-corrected chi connectivity index (χ3v) is 2.70. The number of hydrogen-bond donors (Lipinski definition) is 1. The van der Waals surface area contributed by atoms with Crippen molar-refractivity contribution in [2.75, 3.05) is 26.4 Å². The van der Waals surface area contributed by atoms with Crippen molar-refractivity contribution in [3.63, 3.8) is 0 Å². The molecule has 0 bridgehead atoms. The number of nitrogens with one attached hydrogen (secondary N) is 1. The Bertz CT molecular complexity index is 464. The van der Waals surface area contributed by atoms with Gasteiger partial charge in [0.05, 0.1) is 13.2 Å². The normalized spacial score (nSPS) is 12.0. The highest BCUT2D eigenvalue weighted by Gasteiger charge is 2.15. The molecule has 0 aliphatic carbocycles. The van der Waals surface area contributed by atoms with Crippen LogP contribution in [0.5, 0.6) is 0 Å². The van der Waals surface area contributed by atoms with E-state index in [0.717, 1.165) is 0 Å². The first kappa shape index (κ1) is 22.2. The van der Waals surface area contributed by atoms with Gasteiger partial charge in [-0.05, 0) is 32.3 Å². The fraction of sp³-hybridized carbons (Fsp3) is 0.611. The first-order valence-corrected chi connectivity index (χ1v) is 7.95. The fourth-order valence-corrected chi connectivity index (χ4v) is 1.51. The van der Waals surface area contributed by atoms with Crippen LogP contribution < -0.4 is 5.32 Å². The van der Waals surface area contributed by atoms with Crippen LogP contribution in [0.3, 0.4) is 0 Å². The summed E-state index contributed by atoms with van der Waals surface area (Å²) in [5.74, 6) is -0.0863. The van der Waals surface area contributed by atoms with E-state index in [2.05, 4.69) is 18.5 Å². The van der Waals surface area contributed by atoms with Gasteiger partial charge < -0.3 is 19.5 Å². The topological polar surface area (TPSA) is 56.8 Å². The second-order valence-corrected chi connectivity index (χ2v) is 6.52. The molecule has 24 heavy (non-hydrogen) atoms. The monoisotopic (exact) mass is 343 g/mol. The zero-order valence-electron chi connectivity index (χ0n) is 15.4. The molecule has 138 valence electrons. The van der Waals surface area contributed by atoms with Gasteiger partial charge in [0.2, 0.25) is 0 Å². The number of ether oxygens (including phenoxy) is 3. The molecular formula is C18H30FNO4. The number of halogens is 1. The van der Waals surface area contributed by atoms with Gasteiger partial charge >= 0.3 is 6.09 Å². The summed E-state index contributed by atoms with van der Waals surface area (Å²) in [7, 11) is 0. The van der Waals surface area contributed by atoms with Crippen molar-refractivity contribution >= 4 is 6.09 Å². The van der Waals surface area contributed by atoms with Crippen LogP contribution in [0.25, 0.3) is 0 Å². The van der Waals surface area contributed by atoms with E-state index in [1.807, 2.05) is 13.8 Å². The van der Waals surface area contributed by atoms with Crippen LogP contribution in [-0.2, 0) is 14.2 Å². The largest absolute Gasteiger partial charge is 0.491 e. The van der Waals surface area contributed by atoms with Gasteiger partial charge in [0.1, 0.15) is 23.8 Å². The molecule has 0 heterocycles. The van der Waals surface area contributed by atoms with Gasteiger partial charge in [0.15, 0.2) is 0 Å². The molecule has 0 radical (unpaired) electrons. The van der Waals surface area contributed by atoms with Gasteiger partial charge in [-0.2, -0.15) is 0 Å². The maximum absolute atomic E-state index is 13.0. The van der Waals surface area contributed by atoms with Crippen LogP contribution in [-0.4, -0.2) is 38.1 Å². The van der Waals surface area contributed by atoms with Crippen LogP contribution in [0.2, 0.25) is 0 Å². The summed E-state index contributed by atoms with van der Waals surface area (Å²) in [5.41, 5.74) is 0.168. The molecule has 0 saturated carbocycles. The number of allylic oxidation sites excluding steroid dienone is 3. The minimum absolute atomic E-state index is 0.134. The van der Waals surface area contributed by atoms with Crippen molar-refractivity contribution in [1.82, 2.24) is 5.32 Å². The number of carbonyl (C=O) groups is 1. The van der Waals surface area contributed by atoms with Crippen molar-refractivity contribution < 1.29 is 23.4 Å². The van der Waals surface area contributed by atoms with E-state index in [-0.39, 0.29) is 12.5 Å². The molecule has 0 spiro atoms. The molecule has 0 aliphatic rings. The Morgan fingerprint density at radius 1 is 1.21 bits per heavy atom. The summed E-state index contributed by atoms with van der Waals surface area (Å²) in [5, 5.41) is 2.58. The Morgan fingerprint density at radius 3 is 2.33 bits per heavy atom. The minimum atomic E-state index is -0.589. The highest BCUT2D eigenvalue weighted by Crippen LogP contribution is 2.20. The Labute approximate surface area is 144 Å². The third kappa shape index (κ3) is 11.7. The lowest BCUT2D eigenvalue weighted by atomic mass is 10.0. The summed E-state index contributed by atoms with van der Waals surface area (Å²) in [4.78, 5) is 11.4. The molecular weight excluding hydrogens is 313 g/mol. The SMILES string of the molecule is C=C(F)/C=C(/OCCOCCNC(=O)OC(C)(C)C)C(=C)C(C)C. The van der Waals surface area contributed by atoms with Gasteiger partial charge in [-0.25, -0.2) is 9.18 Å². The minimum Gasteiger partial charge on any atom is -0.491 e. The molecule has 6 heteroatoms. The number of hydrogen-bond acceptors (Lipinski definition) is 4. The van der Waals surface area contributed by atoms with Crippen molar-refractivity contribution in [2.45, 2.75) is 40.2 Å². The van der Waals surface area contributed by atoms with Gasteiger partial charge in [-0.15, -0.1) is 0 Å². The van der Waals surface area contributed by atoms with Crippen molar-refractivity contribution in [3.8, 4) is 0 Å². The van der Waals surface area contributed by atoms with E-state index in [4.69, 9.17) is 14.2 Å². The molecule has 0 unspecified atom stereocenters. The molecule has 0 fully saturated rings. The lowest BCUT2D eigenvalue weighted by Gasteiger charge is -2.19. The highest BCUT2D eigenvalue weighted by molar-refractivity contribution is 5.67. The maximum atomic E-state index is 13.0. The molecule has 0 atom stereocenters. The molecule has 0 saturated heterocycles. The molecule has 1 N–H and O–H groups in total. The fourth-order valence-electron chi connectivity index (χ4n) is 1.51. The second kappa shape index (κ2) is 10.9. The molecule has 0 aromatic carbocycles. The highest BCUT2D eigenvalue weighted by atomic mass is 19.1. The predicted octanol–water partition coefficient (Wildman–Crippen LogP) is 4.12. The van der Waals surface area contributed by atoms with E-state index in [1.165, 1.54) is 6.08 Å². The third-order valence-electron chi connectivity index (χ3n) is 2.70. The molecule has 1 amide bonds. The second-order valence-electron chi connectivity index (χ2n) is 6.52. The molecule has 0 aliphatic heterocycles. The lowest BCUT2D eigenvalue weighted by molar-refractivity contribution is 0.0472. The van der Waals surface area contributed by atoms with E-state index in [0.29, 0.717) is 31.1 Å². The van der Waals surface area contributed by atoms with E-state index >= 15 is 0 Å². The maximum Gasteiger partial charge on any atom is 0.407 e. The van der Waals surface area contributed by atoms with Crippen molar-refractivity contribution in [3.05, 3.63) is 36.4 Å². The Morgan fingerprint density at radius 2 is 1.83 bits per heavy atom. The van der Waals surface area contributed by atoms with Gasteiger partial charge in [0.25, 0.3) is 0 Å². The van der Waals surface area contributed by atoms with E-state index in [9.17, 15) is 9.18 Å². The van der Waals surface area contributed by atoms with Crippen LogP contribution >= 0.6 is 0 Å². The average molecular weight is 343 g/mol. The predicted molar refractivity (Wildman–Crippen MR) is 93.3 cm³/mol. The number of alkyl carbamates (subject to hydrolysis) is 1. The summed E-state index contributed by atoms with van der Waals surface area (Å²) >= 11 is 0. The first-order valence-electron chi connectivity index (χ1n) is 7.95. The van der Waals surface area contributed by atoms with Crippen LogP contribution in [0.1, 0.15) is 34.6 Å². The summed E-state index contributed by atoms with van der Waals surface area (Å²) in [6.07, 6.45) is 0.731. The average Bonchev–Trinajstić information content (AvgIpc) is 2.41. The standard InChI is InChI=1S/C18H30FNO4/c1-13(2)15(4)16(12-14(3)19)23-11-10-22-9-8-20-17(21)24-18(5,6)7/h12-13H,3-4,8-11H2,1-2,5-7H3,(H,20,21)/b16-12+. The van der Waals surface area contributed by atoms with Crippen LogP contribution in [0, 0.1) is 5.92 Å². The van der Waals surface area contributed by atoms with Gasteiger partial charge in [0, 0.05) is 12.6 Å².